The summed E-state index contributed by atoms with van der Waals surface area (Å²) in [4.78, 5) is 10.7. The van der Waals surface area contributed by atoms with Crippen molar-refractivity contribution >= 4 is 11.4 Å². The minimum absolute atomic E-state index is 0.165. The molecular weight excluding hydrogens is 378 g/mol. The molecule has 1 unspecified atom stereocenters. The maximum atomic E-state index is 5.70. The van der Waals surface area contributed by atoms with Crippen LogP contribution >= 0.6 is 0 Å². The molecule has 0 saturated carbocycles. The first kappa shape index (κ1) is 20.5. The first-order valence-electron chi connectivity index (χ1n) is 10.7. The molecule has 0 amide bonds. The minimum atomic E-state index is 0.165. The highest BCUT2D eigenvalue weighted by atomic mass is 16.6. The first-order valence-corrected chi connectivity index (χ1v) is 10.7. The van der Waals surface area contributed by atoms with Crippen LogP contribution < -0.4 is 14.4 Å². The van der Waals surface area contributed by atoms with E-state index in [1.165, 1.54) is 5.69 Å². The highest BCUT2D eigenvalue weighted by Gasteiger charge is 2.24. The molecule has 6 heteroatoms. The van der Waals surface area contributed by atoms with E-state index in [2.05, 4.69) is 45.3 Å². The molecule has 1 atom stereocenters. The van der Waals surface area contributed by atoms with Crippen molar-refractivity contribution < 1.29 is 14.3 Å². The first-order chi connectivity index (χ1) is 14.8. The van der Waals surface area contributed by atoms with Gasteiger partial charge in [-0.15, -0.1) is 0 Å². The average Bonchev–Trinajstić information content (AvgIpc) is 3.28. The Balaban J connectivity index is 1.19. The molecule has 2 aromatic carbocycles. The zero-order valence-corrected chi connectivity index (χ0v) is 17.9. The predicted octanol–water partition coefficient (Wildman–Crippen LogP) is 3.80. The van der Waals surface area contributed by atoms with E-state index in [0.717, 1.165) is 74.8 Å². The maximum Gasteiger partial charge on any atom is 0.161 e. The summed E-state index contributed by atoms with van der Waals surface area (Å²) in [7, 11) is 3.29. The fourth-order valence-electron chi connectivity index (χ4n) is 4.18. The second-order valence-corrected chi connectivity index (χ2v) is 7.85. The fraction of sp³-hybridized carbons (Fsp3) is 0.458. The van der Waals surface area contributed by atoms with Gasteiger partial charge in [0.05, 0.1) is 19.9 Å². The van der Waals surface area contributed by atoms with Crippen LogP contribution in [0.1, 0.15) is 24.8 Å². The average molecular weight is 410 g/mol. The molecule has 2 aromatic rings. The van der Waals surface area contributed by atoms with Crippen molar-refractivity contribution in [3.63, 3.8) is 0 Å². The van der Waals surface area contributed by atoms with E-state index in [0.29, 0.717) is 0 Å². The van der Waals surface area contributed by atoms with Crippen LogP contribution in [0.25, 0.3) is 0 Å². The van der Waals surface area contributed by atoms with E-state index >= 15 is 0 Å². The van der Waals surface area contributed by atoms with Crippen LogP contribution in [0.4, 0.5) is 5.69 Å². The lowest BCUT2D eigenvalue weighted by atomic mass is 10.0. The van der Waals surface area contributed by atoms with Gasteiger partial charge < -0.3 is 19.2 Å². The number of hydrogen-bond acceptors (Lipinski definition) is 6. The predicted molar refractivity (Wildman–Crippen MR) is 120 cm³/mol. The van der Waals surface area contributed by atoms with Gasteiger partial charge in [0, 0.05) is 43.9 Å². The second kappa shape index (κ2) is 9.85. The summed E-state index contributed by atoms with van der Waals surface area (Å²) in [6.45, 7) is 5.54. The van der Waals surface area contributed by atoms with Crippen LogP contribution in [0.2, 0.25) is 0 Å². The quantitative estimate of drug-likeness (QED) is 0.664. The van der Waals surface area contributed by atoms with E-state index in [1.54, 1.807) is 14.2 Å². The lowest BCUT2D eigenvalue weighted by molar-refractivity contribution is 0.0745. The van der Waals surface area contributed by atoms with Crippen LogP contribution in [0.5, 0.6) is 11.5 Å². The van der Waals surface area contributed by atoms with Gasteiger partial charge >= 0.3 is 0 Å². The molecule has 2 aliphatic rings. The molecule has 4 rings (SSSR count). The molecule has 0 aliphatic carbocycles. The standard InChI is InChI=1S/C24H31N3O3/c1-28-23-11-10-19(17-24(23)29-2)22-18-21(30-25-22)9-6-12-26-13-15-27(16-14-26)20-7-4-3-5-8-20/h3-5,7-8,10-11,17,21H,6,9,12-16,18H2,1-2H3. The summed E-state index contributed by atoms with van der Waals surface area (Å²) in [5.74, 6) is 1.44. The van der Waals surface area contributed by atoms with Crippen molar-refractivity contribution in [2.24, 2.45) is 5.16 Å². The number of methoxy groups -OCH3 is 2. The molecular formula is C24H31N3O3. The van der Waals surface area contributed by atoms with Gasteiger partial charge in [0.1, 0.15) is 6.10 Å². The van der Waals surface area contributed by atoms with Crippen LogP contribution in [0.3, 0.4) is 0 Å². The Hall–Kier alpha value is -2.73. The van der Waals surface area contributed by atoms with Crippen molar-refractivity contribution in [3.8, 4) is 11.5 Å². The fourth-order valence-corrected chi connectivity index (χ4v) is 4.18. The van der Waals surface area contributed by atoms with Crippen LogP contribution in [-0.2, 0) is 4.84 Å². The van der Waals surface area contributed by atoms with Gasteiger partial charge in [0.15, 0.2) is 11.5 Å². The van der Waals surface area contributed by atoms with Crippen LogP contribution in [-0.4, -0.2) is 63.7 Å². The van der Waals surface area contributed by atoms with Crippen molar-refractivity contribution in [1.29, 1.82) is 0 Å². The van der Waals surface area contributed by atoms with E-state index in [4.69, 9.17) is 14.3 Å². The van der Waals surface area contributed by atoms with Gasteiger partial charge in [0.2, 0.25) is 0 Å². The number of nitrogens with zero attached hydrogens (tertiary/aromatic N) is 3. The van der Waals surface area contributed by atoms with E-state index in [1.807, 2.05) is 18.2 Å². The monoisotopic (exact) mass is 409 g/mol. The van der Waals surface area contributed by atoms with Crippen LogP contribution in [0.15, 0.2) is 53.7 Å². The molecule has 0 spiro atoms. The van der Waals surface area contributed by atoms with Crippen molar-refractivity contribution in [2.45, 2.75) is 25.4 Å². The Morgan fingerprint density at radius 3 is 2.47 bits per heavy atom. The number of benzene rings is 2. The number of piperazine rings is 1. The Labute approximate surface area is 179 Å². The zero-order chi connectivity index (χ0) is 20.8. The number of para-hydroxylation sites is 1. The highest BCUT2D eigenvalue weighted by molar-refractivity contribution is 6.01. The summed E-state index contributed by atoms with van der Waals surface area (Å²) in [6, 6.07) is 16.6. The SMILES string of the molecule is COc1ccc(C2=NOC(CCCN3CCN(c4ccccc4)CC3)C2)cc1OC. The number of rotatable bonds is 8. The van der Waals surface area contributed by atoms with Crippen molar-refractivity contribution in [1.82, 2.24) is 4.90 Å². The summed E-state index contributed by atoms with van der Waals surface area (Å²) in [5, 5.41) is 4.33. The highest BCUT2D eigenvalue weighted by Crippen LogP contribution is 2.30. The largest absolute Gasteiger partial charge is 0.493 e. The smallest absolute Gasteiger partial charge is 0.161 e. The van der Waals surface area contributed by atoms with E-state index in [9.17, 15) is 0 Å². The molecule has 0 aromatic heterocycles. The van der Waals surface area contributed by atoms with Gasteiger partial charge in [-0.3, -0.25) is 4.90 Å². The third kappa shape index (κ3) is 4.87. The summed E-state index contributed by atoms with van der Waals surface area (Å²) < 4.78 is 10.7. The van der Waals surface area contributed by atoms with Gasteiger partial charge in [-0.05, 0) is 49.7 Å². The van der Waals surface area contributed by atoms with Gasteiger partial charge in [-0.25, -0.2) is 0 Å². The molecule has 2 aliphatic heterocycles. The molecule has 6 nitrogen and oxygen atoms in total. The molecule has 160 valence electrons. The number of oxime groups is 1. The van der Waals surface area contributed by atoms with Crippen molar-refractivity contribution in [3.05, 3.63) is 54.1 Å². The summed E-state index contributed by atoms with van der Waals surface area (Å²) >= 11 is 0. The maximum absolute atomic E-state index is 5.70. The summed E-state index contributed by atoms with van der Waals surface area (Å²) in [6.07, 6.45) is 3.17. The summed E-state index contributed by atoms with van der Waals surface area (Å²) in [5.41, 5.74) is 3.35. The topological polar surface area (TPSA) is 46.5 Å². The molecule has 1 fully saturated rings. The Morgan fingerprint density at radius 2 is 1.73 bits per heavy atom. The van der Waals surface area contributed by atoms with Crippen molar-refractivity contribution in [2.75, 3.05) is 51.8 Å². The van der Waals surface area contributed by atoms with E-state index < -0.39 is 0 Å². The van der Waals surface area contributed by atoms with Gasteiger partial charge in [-0.1, -0.05) is 23.4 Å². The molecule has 1 saturated heterocycles. The van der Waals surface area contributed by atoms with Gasteiger partial charge in [-0.2, -0.15) is 0 Å². The lowest BCUT2D eigenvalue weighted by Gasteiger charge is -2.36. The van der Waals surface area contributed by atoms with Crippen LogP contribution in [0, 0.1) is 0 Å². The Morgan fingerprint density at radius 1 is 0.967 bits per heavy atom. The minimum Gasteiger partial charge on any atom is -0.493 e. The third-order valence-electron chi connectivity index (χ3n) is 5.94. The van der Waals surface area contributed by atoms with Gasteiger partial charge in [0.25, 0.3) is 0 Å². The number of hydrogen-bond donors (Lipinski definition) is 0. The normalized spacial score (nSPS) is 19.3. The zero-order valence-electron chi connectivity index (χ0n) is 17.9. The molecule has 0 radical (unpaired) electrons. The molecule has 30 heavy (non-hydrogen) atoms. The second-order valence-electron chi connectivity index (χ2n) is 7.85. The Bertz CT molecular complexity index is 848. The molecule has 0 bridgehead atoms. The lowest BCUT2D eigenvalue weighted by Crippen LogP contribution is -2.46. The molecule has 2 heterocycles. The number of ether oxygens (including phenoxy) is 2. The number of anilines is 1. The molecule has 0 N–H and O–H groups in total. The third-order valence-corrected chi connectivity index (χ3v) is 5.94. The Kier molecular flexibility index (Phi) is 6.74. The van der Waals surface area contributed by atoms with E-state index in [-0.39, 0.29) is 6.10 Å².